The van der Waals surface area contributed by atoms with E-state index in [0.29, 0.717) is 11.3 Å². The van der Waals surface area contributed by atoms with Crippen molar-refractivity contribution in [3.8, 4) is 11.3 Å². The zero-order valence-electron chi connectivity index (χ0n) is 5.09. The highest BCUT2D eigenvalue weighted by Crippen LogP contribution is 2.09. The minimum absolute atomic E-state index is 0.146. The van der Waals surface area contributed by atoms with Crippen molar-refractivity contribution in [1.29, 1.82) is 0 Å². The highest BCUT2D eigenvalue weighted by Gasteiger charge is 2.06. The maximum atomic E-state index is 10.8. The van der Waals surface area contributed by atoms with E-state index in [1.165, 1.54) is 0 Å². The van der Waals surface area contributed by atoms with Crippen LogP contribution in [0.25, 0.3) is 11.3 Å². The summed E-state index contributed by atoms with van der Waals surface area (Å²) in [6.45, 7) is 0. The zero-order chi connectivity index (χ0) is 6.97. The summed E-state index contributed by atoms with van der Waals surface area (Å²) in [5, 5.41) is 6.11. The van der Waals surface area contributed by atoms with Crippen LogP contribution in [0.4, 0.5) is 0 Å². The summed E-state index contributed by atoms with van der Waals surface area (Å²) in [6.07, 6.45) is 3.35. The molecule has 2 heterocycles. The van der Waals surface area contributed by atoms with Crippen LogP contribution in [0.3, 0.4) is 0 Å². The van der Waals surface area contributed by atoms with Gasteiger partial charge in [-0.25, -0.2) is 5.10 Å². The molecule has 2 aliphatic heterocycles. The monoisotopic (exact) mass is 135 g/mol. The predicted molar refractivity (Wildman–Crippen MR) is 35.8 cm³/mol. The molecule has 50 valence electrons. The SMILES string of the molecule is O=c1[nH]nc2cc[nH]cc1-2. The van der Waals surface area contributed by atoms with E-state index in [0.717, 1.165) is 0 Å². The van der Waals surface area contributed by atoms with Gasteiger partial charge >= 0.3 is 0 Å². The van der Waals surface area contributed by atoms with Crippen LogP contribution in [0.2, 0.25) is 0 Å². The Kier molecular flexibility index (Phi) is 0.887. The van der Waals surface area contributed by atoms with E-state index >= 15 is 0 Å². The summed E-state index contributed by atoms with van der Waals surface area (Å²) in [4.78, 5) is 13.6. The van der Waals surface area contributed by atoms with Gasteiger partial charge in [0, 0.05) is 12.4 Å². The van der Waals surface area contributed by atoms with Gasteiger partial charge in [0.1, 0.15) is 0 Å². The molecule has 0 radical (unpaired) electrons. The van der Waals surface area contributed by atoms with Crippen LogP contribution < -0.4 is 5.56 Å². The van der Waals surface area contributed by atoms with Crippen LogP contribution in [0.1, 0.15) is 0 Å². The van der Waals surface area contributed by atoms with Crippen molar-refractivity contribution in [3.63, 3.8) is 0 Å². The first-order valence-electron chi connectivity index (χ1n) is 2.89. The van der Waals surface area contributed by atoms with Gasteiger partial charge in [-0.05, 0) is 6.07 Å². The second-order valence-corrected chi connectivity index (χ2v) is 2.00. The highest BCUT2D eigenvalue weighted by molar-refractivity contribution is 5.56. The van der Waals surface area contributed by atoms with Gasteiger partial charge in [0.05, 0.1) is 11.3 Å². The number of nitrogens with zero attached hydrogens (tertiary/aromatic N) is 1. The number of hydrogen-bond acceptors (Lipinski definition) is 2. The summed E-state index contributed by atoms with van der Waals surface area (Å²) in [7, 11) is 0. The average molecular weight is 135 g/mol. The maximum Gasteiger partial charge on any atom is 0.275 e. The summed E-state index contributed by atoms with van der Waals surface area (Å²) >= 11 is 0. The molecule has 0 aromatic rings. The first-order chi connectivity index (χ1) is 4.88. The molecule has 10 heavy (non-hydrogen) atoms. The van der Waals surface area contributed by atoms with Gasteiger partial charge in [0.15, 0.2) is 0 Å². The van der Waals surface area contributed by atoms with Crippen LogP contribution >= 0.6 is 0 Å². The number of nitrogens with one attached hydrogen (secondary N) is 2. The van der Waals surface area contributed by atoms with Gasteiger partial charge in [-0.1, -0.05) is 0 Å². The molecule has 0 aliphatic carbocycles. The molecule has 0 aromatic heterocycles. The molecule has 0 aromatic carbocycles. The van der Waals surface area contributed by atoms with Crippen LogP contribution in [0.15, 0.2) is 23.3 Å². The lowest BCUT2D eigenvalue weighted by Gasteiger charge is -1.88. The van der Waals surface area contributed by atoms with Gasteiger partial charge in [0.2, 0.25) is 0 Å². The molecule has 0 fully saturated rings. The molecule has 0 bridgehead atoms. The van der Waals surface area contributed by atoms with E-state index in [4.69, 9.17) is 0 Å². The van der Waals surface area contributed by atoms with Gasteiger partial charge in [-0.15, -0.1) is 0 Å². The van der Waals surface area contributed by atoms with Gasteiger partial charge in [-0.2, -0.15) is 5.10 Å². The maximum absolute atomic E-state index is 10.8. The fraction of sp³-hybridized carbons (Fsp3) is 0. The Morgan fingerprint density at radius 2 is 2.40 bits per heavy atom. The lowest BCUT2D eigenvalue weighted by Crippen LogP contribution is -1.99. The van der Waals surface area contributed by atoms with E-state index in [1.54, 1.807) is 18.5 Å². The Hall–Kier alpha value is -1.58. The molecular formula is C6H5N3O. The van der Waals surface area contributed by atoms with E-state index in [2.05, 4.69) is 15.2 Å². The molecular weight excluding hydrogens is 130 g/mol. The molecule has 2 aliphatic rings. The smallest absolute Gasteiger partial charge is 0.275 e. The van der Waals surface area contributed by atoms with Crippen LogP contribution in [-0.2, 0) is 0 Å². The molecule has 2 N–H and O–H groups in total. The minimum Gasteiger partial charge on any atom is -0.367 e. The Balaban J connectivity index is 2.91. The van der Waals surface area contributed by atoms with E-state index < -0.39 is 0 Å². The third-order valence-electron chi connectivity index (χ3n) is 1.36. The molecule has 0 saturated carbocycles. The number of aromatic nitrogens is 3. The van der Waals surface area contributed by atoms with Crippen molar-refractivity contribution < 1.29 is 0 Å². The fourth-order valence-electron chi connectivity index (χ4n) is 0.873. The summed E-state index contributed by atoms with van der Waals surface area (Å²) in [6, 6.07) is 1.74. The second-order valence-electron chi connectivity index (χ2n) is 2.00. The lowest BCUT2D eigenvalue weighted by atomic mass is 10.2. The summed E-state index contributed by atoms with van der Waals surface area (Å²) in [5.41, 5.74) is 1.15. The molecule has 4 nitrogen and oxygen atoms in total. The number of hydrogen-bond donors (Lipinski definition) is 2. The Morgan fingerprint density at radius 3 is 3.20 bits per heavy atom. The molecule has 0 atom stereocenters. The number of H-pyrrole nitrogens is 2. The van der Waals surface area contributed by atoms with Gasteiger partial charge in [-0.3, -0.25) is 4.79 Å². The zero-order valence-corrected chi connectivity index (χ0v) is 5.09. The van der Waals surface area contributed by atoms with Crippen molar-refractivity contribution in [2.45, 2.75) is 0 Å². The third-order valence-corrected chi connectivity index (χ3v) is 1.36. The topological polar surface area (TPSA) is 61.5 Å². The van der Waals surface area contributed by atoms with Crippen LogP contribution in [0.5, 0.6) is 0 Å². The highest BCUT2D eigenvalue weighted by atomic mass is 16.1. The standard InChI is InChI=1S/C6H5N3O/c10-6-4-3-7-2-1-5(4)8-9-6/h1-3,7H,(H,9,10). The van der Waals surface area contributed by atoms with E-state index in [-0.39, 0.29) is 5.56 Å². The summed E-state index contributed by atoms with van der Waals surface area (Å²) < 4.78 is 0. The van der Waals surface area contributed by atoms with Crippen molar-refractivity contribution in [2.24, 2.45) is 0 Å². The van der Waals surface area contributed by atoms with Gasteiger partial charge in [0.25, 0.3) is 5.56 Å². The fourth-order valence-corrected chi connectivity index (χ4v) is 0.873. The van der Waals surface area contributed by atoms with E-state index in [1.807, 2.05) is 0 Å². The third kappa shape index (κ3) is 0.556. The molecule has 0 saturated heterocycles. The first-order valence-corrected chi connectivity index (χ1v) is 2.89. The predicted octanol–water partition coefficient (Wildman–Crippen LogP) is 0.203. The number of pyridine rings is 1. The molecule has 4 heteroatoms. The number of fused-ring (bicyclic) bond motifs is 1. The van der Waals surface area contributed by atoms with Crippen LogP contribution in [-0.4, -0.2) is 15.2 Å². The molecule has 0 amide bonds. The Bertz CT molecular complexity index is 362. The van der Waals surface area contributed by atoms with Crippen molar-refractivity contribution in [3.05, 3.63) is 28.8 Å². The largest absolute Gasteiger partial charge is 0.367 e. The van der Waals surface area contributed by atoms with Crippen LogP contribution in [0, 0.1) is 0 Å². The normalized spacial score (nSPS) is 10.4. The first kappa shape index (κ1) is 5.22. The molecule has 0 unspecified atom stereocenters. The summed E-state index contributed by atoms with van der Waals surface area (Å²) in [5.74, 6) is 0. The van der Waals surface area contributed by atoms with Gasteiger partial charge < -0.3 is 4.98 Å². The number of aromatic amines is 2. The Labute approximate surface area is 56.2 Å². The second kappa shape index (κ2) is 1.70. The molecule has 2 rings (SSSR count). The van der Waals surface area contributed by atoms with Crippen molar-refractivity contribution in [2.75, 3.05) is 0 Å². The quantitative estimate of drug-likeness (QED) is 0.542. The van der Waals surface area contributed by atoms with Crippen molar-refractivity contribution >= 4 is 0 Å². The Morgan fingerprint density at radius 1 is 1.50 bits per heavy atom. The van der Waals surface area contributed by atoms with Crippen molar-refractivity contribution in [1.82, 2.24) is 15.2 Å². The lowest BCUT2D eigenvalue weighted by molar-refractivity contribution is 1.07. The minimum atomic E-state index is -0.146. The number of rotatable bonds is 0. The van der Waals surface area contributed by atoms with E-state index in [9.17, 15) is 4.79 Å². The average Bonchev–Trinajstić information content (AvgIpc) is 2.34. The molecule has 0 spiro atoms.